The van der Waals surface area contributed by atoms with E-state index in [2.05, 4.69) is 4.90 Å². The quantitative estimate of drug-likeness (QED) is 0.492. The Hall–Kier alpha value is -3.57. The summed E-state index contributed by atoms with van der Waals surface area (Å²) in [6.07, 6.45) is 1.56. The Kier molecular flexibility index (Phi) is 4.73. The molecule has 1 aliphatic rings. The van der Waals surface area contributed by atoms with Gasteiger partial charge >= 0.3 is 0 Å². The minimum atomic E-state index is -0.0301. The normalized spacial score (nSPS) is 13.6. The molecule has 2 heterocycles. The summed E-state index contributed by atoms with van der Waals surface area (Å²) in [5, 5.41) is 0.574. The van der Waals surface area contributed by atoms with Crippen molar-refractivity contribution < 1.29 is 13.9 Å². The summed E-state index contributed by atoms with van der Waals surface area (Å²) in [4.78, 5) is 15.3. The van der Waals surface area contributed by atoms with E-state index in [0.29, 0.717) is 29.8 Å². The highest BCUT2D eigenvalue weighted by Crippen LogP contribution is 2.33. The van der Waals surface area contributed by atoms with Gasteiger partial charge in [0.1, 0.15) is 30.1 Å². The first kappa shape index (κ1) is 18.5. The third kappa shape index (κ3) is 3.33. The predicted molar refractivity (Wildman–Crippen MR) is 116 cm³/mol. The van der Waals surface area contributed by atoms with Gasteiger partial charge in [0.05, 0.1) is 23.6 Å². The molecule has 0 fully saturated rings. The van der Waals surface area contributed by atoms with E-state index >= 15 is 0 Å². The van der Waals surface area contributed by atoms with Crippen molar-refractivity contribution in [1.29, 1.82) is 0 Å². The maximum absolute atomic E-state index is 13.1. The molecule has 4 aromatic rings. The molecular formula is C25H21NO4. The van der Waals surface area contributed by atoms with Crippen LogP contribution in [-0.4, -0.2) is 18.7 Å². The van der Waals surface area contributed by atoms with Gasteiger partial charge in [-0.2, -0.15) is 0 Å². The number of nitrogens with zero attached hydrogens (tertiary/aromatic N) is 1. The zero-order valence-corrected chi connectivity index (χ0v) is 16.6. The second kappa shape index (κ2) is 7.69. The van der Waals surface area contributed by atoms with E-state index < -0.39 is 0 Å². The Balaban J connectivity index is 1.48. The second-order valence-corrected chi connectivity index (χ2v) is 7.37. The SMILES string of the molecule is COc1ccc(CN2COc3ccc4c(=O)c(-c5ccccc5)coc4c3C2)cc1. The van der Waals surface area contributed by atoms with E-state index in [1.54, 1.807) is 19.4 Å². The molecule has 30 heavy (non-hydrogen) atoms. The summed E-state index contributed by atoms with van der Waals surface area (Å²) >= 11 is 0. The van der Waals surface area contributed by atoms with E-state index in [1.807, 2.05) is 60.7 Å². The van der Waals surface area contributed by atoms with Crippen LogP contribution in [0.15, 0.2) is 82.2 Å². The number of methoxy groups -OCH3 is 1. The molecule has 0 amide bonds. The highest BCUT2D eigenvalue weighted by molar-refractivity contribution is 5.85. The van der Waals surface area contributed by atoms with Crippen molar-refractivity contribution in [3.63, 3.8) is 0 Å². The molecule has 0 aliphatic carbocycles. The van der Waals surface area contributed by atoms with E-state index in [-0.39, 0.29) is 5.43 Å². The van der Waals surface area contributed by atoms with E-state index in [1.165, 1.54) is 0 Å². The van der Waals surface area contributed by atoms with Gasteiger partial charge in [0.25, 0.3) is 0 Å². The average molecular weight is 399 g/mol. The van der Waals surface area contributed by atoms with Crippen molar-refractivity contribution in [2.45, 2.75) is 13.1 Å². The average Bonchev–Trinajstić information content (AvgIpc) is 2.80. The van der Waals surface area contributed by atoms with Gasteiger partial charge in [-0.3, -0.25) is 9.69 Å². The van der Waals surface area contributed by atoms with Gasteiger partial charge in [0.15, 0.2) is 0 Å². The van der Waals surface area contributed by atoms with E-state index in [4.69, 9.17) is 13.9 Å². The molecule has 150 valence electrons. The molecule has 1 aromatic heterocycles. The molecule has 0 bridgehead atoms. The Morgan fingerprint density at radius 2 is 1.80 bits per heavy atom. The molecule has 0 atom stereocenters. The van der Waals surface area contributed by atoms with Crippen LogP contribution >= 0.6 is 0 Å². The smallest absolute Gasteiger partial charge is 0.200 e. The van der Waals surface area contributed by atoms with E-state index in [9.17, 15) is 4.79 Å². The zero-order chi connectivity index (χ0) is 20.5. The number of benzene rings is 3. The number of hydrogen-bond acceptors (Lipinski definition) is 5. The van der Waals surface area contributed by atoms with Crippen LogP contribution in [0.2, 0.25) is 0 Å². The standard InChI is InChI=1S/C25H21NO4/c1-28-19-9-7-17(8-10-19)13-26-14-21-23(30-16-26)12-11-20-24(27)22(15-29-25(20)21)18-5-3-2-4-6-18/h2-12,15H,13-14,16H2,1H3. The first-order valence-electron chi connectivity index (χ1n) is 9.84. The van der Waals surface area contributed by atoms with Crippen LogP contribution in [0.1, 0.15) is 11.1 Å². The minimum absolute atomic E-state index is 0.0301. The molecule has 3 aromatic carbocycles. The van der Waals surface area contributed by atoms with Crippen molar-refractivity contribution >= 4 is 11.0 Å². The van der Waals surface area contributed by atoms with E-state index in [0.717, 1.165) is 34.7 Å². The highest BCUT2D eigenvalue weighted by Gasteiger charge is 2.23. The second-order valence-electron chi connectivity index (χ2n) is 7.37. The summed E-state index contributed by atoms with van der Waals surface area (Å²) in [5.74, 6) is 1.60. The lowest BCUT2D eigenvalue weighted by Crippen LogP contribution is -2.31. The fourth-order valence-corrected chi connectivity index (χ4v) is 3.86. The highest BCUT2D eigenvalue weighted by atomic mass is 16.5. The van der Waals surface area contributed by atoms with Crippen molar-refractivity contribution in [2.75, 3.05) is 13.8 Å². The van der Waals surface area contributed by atoms with Gasteiger partial charge in [-0.25, -0.2) is 0 Å². The summed E-state index contributed by atoms with van der Waals surface area (Å²) in [7, 11) is 1.66. The fraction of sp³-hybridized carbons (Fsp3) is 0.160. The maximum Gasteiger partial charge on any atom is 0.200 e. The molecule has 0 saturated carbocycles. The Morgan fingerprint density at radius 3 is 2.57 bits per heavy atom. The monoisotopic (exact) mass is 399 g/mol. The summed E-state index contributed by atoms with van der Waals surface area (Å²) in [5.41, 5.74) is 4.05. The van der Waals surface area contributed by atoms with Gasteiger partial charge < -0.3 is 13.9 Å². The molecule has 1 aliphatic heterocycles. The zero-order valence-electron chi connectivity index (χ0n) is 16.6. The third-order valence-electron chi connectivity index (χ3n) is 5.44. The fourth-order valence-electron chi connectivity index (χ4n) is 3.86. The summed E-state index contributed by atoms with van der Waals surface area (Å²) in [6, 6.07) is 21.2. The molecule has 0 unspecified atom stereocenters. The maximum atomic E-state index is 13.1. The van der Waals surface area contributed by atoms with Crippen LogP contribution < -0.4 is 14.9 Å². The molecule has 0 saturated heterocycles. The van der Waals surface area contributed by atoms with Gasteiger partial charge in [-0.15, -0.1) is 0 Å². The lowest BCUT2D eigenvalue weighted by Gasteiger charge is -2.29. The summed E-state index contributed by atoms with van der Waals surface area (Å²) < 4.78 is 17.2. The topological polar surface area (TPSA) is 51.9 Å². The van der Waals surface area contributed by atoms with Crippen LogP contribution in [0.4, 0.5) is 0 Å². The van der Waals surface area contributed by atoms with Crippen molar-refractivity contribution in [3.8, 4) is 22.6 Å². The molecule has 5 heteroatoms. The van der Waals surface area contributed by atoms with Crippen LogP contribution in [0.3, 0.4) is 0 Å². The first-order chi connectivity index (χ1) is 14.7. The lowest BCUT2D eigenvalue weighted by molar-refractivity contribution is 0.0890. The van der Waals surface area contributed by atoms with Crippen LogP contribution in [-0.2, 0) is 13.1 Å². The molecule has 0 N–H and O–H groups in total. The van der Waals surface area contributed by atoms with Crippen LogP contribution in [0.25, 0.3) is 22.1 Å². The Morgan fingerprint density at radius 1 is 1.00 bits per heavy atom. The summed E-state index contributed by atoms with van der Waals surface area (Å²) in [6.45, 7) is 1.86. The van der Waals surface area contributed by atoms with Crippen molar-refractivity contribution in [3.05, 3.63) is 94.3 Å². The molecular weight excluding hydrogens is 378 g/mol. The predicted octanol–water partition coefficient (Wildman–Crippen LogP) is 4.82. The minimum Gasteiger partial charge on any atom is -0.497 e. The molecule has 0 radical (unpaired) electrons. The molecule has 0 spiro atoms. The largest absolute Gasteiger partial charge is 0.497 e. The Labute approximate surface area is 174 Å². The van der Waals surface area contributed by atoms with Gasteiger partial charge in [-0.05, 0) is 35.4 Å². The number of ether oxygens (including phenoxy) is 2. The number of fused-ring (bicyclic) bond motifs is 3. The number of rotatable bonds is 4. The lowest BCUT2D eigenvalue weighted by atomic mass is 10.0. The molecule has 5 nitrogen and oxygen atoms in total. The number of hydrogen-bond donors (Lipinski definition) is 0. The van der Waals surface area contributed by atoms with Crippen molar-refractivity contribution in [1.82, 2.24) is 4.90 Å². The van der Waals surface area contributed by atoms with Gasteiger partial charge in [-0.1, -0.05) is 42.5 Å². The van der Waals surface area contributed by atoms with Gasteiger partial charge in [0, 0.05) is 13.1 Å². The third-order valence-corrected chi connectivity index (χ3v) is 5.44. The first-order valence-corrected chi connectivity index (χ1v) is 9.84. The molecule has 5 rings (SSSR count). The van der Waals surface area contributed by atoms with Crippen molar-refractivity contribution in [2.24, 2.45) is 0 Å². The van der Waals surface area contributed by atoms with Crippen LogP contribution in [0, 0.1) is 0 Å². The van der Waals surface area contributed by atoms with Crippen LogP contribution in [0.5, 0.6) is 11.5 Å². The van der Waals surface area contributed by atoms with Gasteiger partial charge in [0.2, 0.25) is 5.43 Å². The Bertz CT molecular complexity index is 1250.